The van der Waals surface area contributed by atoms with Crippen molar-refractivity contribution in [3.05, 3.63) is 94.3 Å². The summed E-state index contributed by atoms with van der Waals surface area (Å²) in [5.41, 5.74) is 0.598. The number of aryl methyl sites for hydroxylation is 1. The Balaban J connectivity index is 1.55. The molecule has 1 fully saturated rings. The Kier molecular flexibility index (Phi) is 9.86. The number of thioether (sulfide) groups is 1. The van der Waals surface area contributed by atoms with Gasteiger partial charge in [0.05, 0.1) is 49.2 Å². The average molecular weight is 706 g/mol. The number of hydrogen-bond donors (Lipinski definition) is 0. The lowest BCUT2D eigenvalue weighted by Gasteiger charge is -2.23. The number of rotatable bonds is 8. The van der Waals surface area contributed by atoms with Crippen LogP contribution in [-0.4, -0.2) is 53.4 Å². The van der Waals surface area contributed by atoms with E-state index in [1.54, 1.807) is 36.7 Å². The predicted octanol–water partition coefficient (Wildman–Crippen LogP) is 8.76. The fourth-order valence-electron chi connectivity index (χ4n) is 5.63. The van der Waals surface area contributed by atoms with Gasteiger partial charge in [0.25, 0.3) is 0 Å². The predicted molar refractivity (Wildman–Crippen MR) is 168 cm³/mol. The summed E-state index contributed by atoms with van der Waals surface area (Å²) in [6, 6.07) is 10.7. The average Bonchev–Trinajstić information content (AvgIpc) is 3.35. The van der Waals surface area contributed by atoms with Crippen LogP contribution in [0.25, 0.3) is 22.3 Å². The van der Waals surface area contributed by atoms with Gasteiger partial charge in [-0.3, -0.25) is 4.90 Å². The van der Waals surface area contributed by atoms with Gasteiger partial charge in [0, 0.05) is 17.3 Å². The minimum absolute atomic E-state index is 0.0241. The number of aromatic nitrogens is 2. The van der Waals surface area contributed by atoms with E-state index < -0.39 is 53.3 Å². The number of carbonyl (C=O) groups is 2. The zero-order valence-electron chi connectivity index (χ0n) is 26.7. The molecule has 15 heteroatoms. The maximum absolute atomic E-state index is 13.6. The van der Waals surface area contributed by atoms with Gasteiger partial charge in [0.15, 0.2) is 5.16 Å². The van der Waals surface area contributed by atoms with E-state index in [1.807, 2.05) is 19.1 Å². The van der Waals surface area contributed by atoms with Crippen molar-refractivity contribution in [2.75, 3.05) is 20.5 Å². The van der Waals surface area contributed by atoms with Gasteiger partial charge < -0.3 is 14.2 Å². The molecular weight excluding hydrogens is 676 g/mol. The molecule has 1 aliphatic rings. The SMILES string of the molecule is COC(=O)c1ccc(-c2ccc(OC)c(-c3cnc(SC)nc3CN3C(=O)O[C@H](c4cc(C(F)(F)F)cc(C(F)(F)F)c4)[C@@H]3C)c2)c(C)c1. The summed E-state index contributed by atoms with van der Waals surface area (Å²) in [5, 5.41) is 0.354. The van der Waals surface area contributed by atoms with Crippen molar-refractivity contribution in [3.63, 3.8) is 0 Å². The van der Waals surface area contributed by atoms with Crippen LogP contribution in [0.1, 0.15) is 51.3 Å². The number of carbonyl (C=O) groups excluding carboxylic acids is 2. The normalized spacial score (nSPS) is 16.5. The second kappa shape index (κ2) is 13.6. The van der Waals surface area contributed by atoms with Gasteiger partial charge >= 0.3 is 24.4 Å². The van der Waals surface area contributed by atoms with Crippen LogP contribution in [0.4, 0.5) is 31.1 Å². The molecule has 1 saturated heterocycles. The minimum atomic E-state index is -5.07. The summed E-state index contributed by atoms with van der Waals surface area (Å²) in [5.74, 6) is -0.0422. The highest BCUT2D eigenvalue weighted by Crippen LogP contribution is 2.42. The summed E-state index contributed by atoms with van der Waals surface area (Å²) in [6.07, 6.45) is -9.22. The summed E-state index contributed by atoms with van der Waals surface area (Å²) < 4.78 is 97.4. The van der Waals surface area contributed by atoms with Gasteiger partial charge in [-0.1, -0.05) is 23.9 Å². The molecule has 0 N–H and O–H groups in total. The Morgan fingerprint density at radius 3 is 2.18 bits per heavy atom. The largest absolute Gasteiger partial charge is 0.496 e. The highest BCUT2D eigenvalue weighted by atomic mass is 32.2. The number of methoxy groups -OCH3 is 2. The molecule has 1 aromatic heterocycles. The third-order valence-electron chi connectivity index (χ3n) is 8.13. The van der Waals surface area contributed by atoms with Crippen molar-refractivity contribution in [1.82, 2.24) is 14.9 Å². The summed E-state index contributed by atoms with van der Waals surface area (Å²) >= 11 is 1.23. The summed E-state index contributed by atoms with van der Waals surface area (Å²) in [7, 11) is 2.77. The van der Waals surface area contributed by atoms with Crippen molar-refractivity contribution in [2.45, 2.75) is 50.0 Å². The van der Waals surface area contributed by atoms with E-state index in [0.717, 1.165) is 16.7 Å². The van der Waals surface area contributed by atoms with E-state index in [0.29, 0.717) is 45.4 Å². The number of cyclic esters (lactones) is 1. The summed E-state index contributed by atoms with van der Waals surface area (Å²) in [6.45, 7) is 3.10. The fraction of sp³-hybridized carbons (Fsp3) is 0.294. The van der Waals surface area contributed by atoms with E-state index in [9.17, 15) is 35.9 Å². The Hall–Kier alpha value is -4.79. The van der Waals surface area contributed by atoms with Gasteiger partial charge in [-0.15, -0.1) is 0 Å². The number of nitrogens with zero attached hydrogens (tertiary/aromatic N) is 3. The number of benzene rings is 3. The van der Waals surface area contributed by atoms with Crippen LogP contribution in [0.15, 0.2) is 66.0 Å². The maximum Gasteiger partial charge on any atom is 0.416 e. The first kappa shape index (κ1) is 35.5. The Morgan fingerprint density at radius 2 is 1.61 bits per heavy atom. The molecule has 2 atom stereocenters. The molecule has 258 valence electrons. The van der Waals surface area contributed by atoms with Crippen LogP contribution in [-0.2, 0) is 28.4 Å². The quantitative estimate of drug-likeness (QED) is 0.0778. The van der Waals surface area contributed by atoms with Crippen LogP contribution in [0, 0.1) is 6.92 Å². The van der Waals surface area contributed by atoms with E-state index in [2.05, 4.69) is 9.97 Å². The number of alkyl halides is 6. The Morgan fingerprint density at radius 1 is 0.939 bits per heavy atom. The molecule has 2 heterocycles. The molecular formula is C34H29F6N3O5S. The van der Waals surface area contributed by atoms with Gasteiger partial charge in [-0.05, 0) is 84.8 Å². The lowest BCUT2D eigenvalue weighted by molar-refractivity contribution is -0.143. The molecule has 0 spiro atoms. The lowest BCUT2D eigenvalue weighted by Crippen LogP contribution is -2.32. The van der Waals surface area contributed by atoms with Crippen molar-refractivity contribution in [2.24, 2.45) is 0 Å². The fourth-order valence-corrected chi connectivity index (χ4v) is 5.98. The third-order valence-corrected chi connectivity index (χ3v) is 8.69. The van der Waals surface area contributed by atoms with Crippen LogP contribution < -0.4 is 4.74 Å². The molecule has 3 aromatic carbocycles. The highest BCUT2D eigenvalue weighted by molar-refractivity contribution is 7.98. The number of esters is 1. The van der Waals surface area contributed by atoms with E-state index in [-0.39, 0.29) is 12.6 Å². The topological polar surface area (TPSA) is 90.9 Å². The van der Waals surface area contributed by atoms with Gasteiger partial charge in [0.2, 0.25) is 0 Å². The van der Waals surface area contributed by atoms with Crippen molar-refractivity contribution in [3.8, 4) is 28.0 Å². The Bertz CT molecular complexity index is 1880. The lowest BCUT2D eigenvalue weighted by atomic mass is 9.94. The molecule has 0 unspecified atom stereocenters. The van der Waals surface area contributed by atoms with Crippen molar-refractivity contribution < 1.29 is 50.1 Å². The molecule has 4 aromatic rings. The highest BCUT2D eigenvalue weighted by Gasteiger charge is 2.43. The molecule has 0 bridgehead atoms. The molecule has 49 heavy (non-hydrogen) atoms. The Labute approximate surface area is 281 Å². The first-order chi connectivity index (χ1) is 23.0. The summed E-state index contributed by atoms with van der Waals surface area (Å²) in [4.78, 5) is 35.5. The number of amides is 1. The molecule has 0 radical (unpaired) electrons. The molecule has 1 amide bonds. The van der Waals surface area contributed by atoms with Crippen LogP contribution in [0.5, 0.6) is 5.75 Å². The third kappa shape index (κ3) is 7.31. The zero-order valence-corrected chi connectivity index (χ0v) is 27.5. The molecule has 8 nitrogen and oxygen atoms in total. The molecule has 0 saturated carbocycles. The van der Waals surface area contributed by atoms with Gasteiger partial charge in [-0.25, -0.2) is 19.6 Å². The zero-order chi connectivity index (χ0) is 35.8. The van der Waals surface area contributed by atoms with Crippen LogP contribution >= 0.6 is 11.8 Å². The number of halogens is 6. The first-order valence-corrected chi connectivity index (χ1v) is 15.8. The first-order valence-electron chi connectivity index (χ1n) is 14.6. The van der Waals surface area contributed by atoms with E-state index >= 15 is 0 Å². The van der Waals surface area contributed by atoms with Crippen LogP contribution in [0.3, 0.4) is 0 Å². The monoisotopic (exact) mass is 705 g/mol. The van der Waals surface area contributed by atoms with E-state index in [1.165, 1.54) is 37.8 Å². The smallest absolute Gasteiger partial charge is 0.416 e. The maximum atomic E-state index is 13.6. The standard InChI is InChI=1S/C34H29F6N3O5S/c1-17-10-20(30(44)47-4)6-8-24(17)19-7-9-28(46-3)25(13-19)26-15-41-31(49-5)42-27(26)16-43-18(2)29(48-32(43)45)21-11-22(33(35,36)37)14-23(12-21)34(38,39)40/h6-15,18,29H,16H2,1-5H3/t18-,29-/m0/s1. The molecule has 5 rings (SSSR count). The van der Waals surface area contributed by atoms with Gasteiger partial charge in [-0.2, -0.15) is 26.3 Å². The number of hydrogen-bond acceptors (Lipinski definition) is 8. The van der Waals surface area contributed by atoms with Gasteiger partial charge in [0.1, 0.15) is 11.9 Å². The second-order valence-electron chi connectivity index (χ2n) is 11.2. The molecule has 1 aliphatic heterocycles. The van der Waals surface area contributed by atoms with Crippen molar-refractivity contribution >= 4 is 23.8 Å². The molecule has 0 aliphatic carbocycles. The van der Waals surface area contributed by atoms with E-state index in [4.69, 9.17) is 14.2 Å². The minimum Gasteiger partial charge on any atom is -0.496 e. The van der Waals surface area contributed by atoms with Crippen LogP contribution in [0.2, 0.25) is 0 Å². The number of ether oxygens (including phenoxy) is 3. The second-order valence-corrected chi connectivity index (χ2v) is 11.9. The van der Waals surface area contributed by atoms with Crippen molar-refractivity contribution in [1.29, 1.82) is 0 Å².